The molecule has 39 heavy (non-hydrogen) atoms. The number of aryl methyl sites for hydroxylation is 1. The second kappa shape index (κ2) is 11.1. The fraction of sp³-hybridized carbons (Fsp3) is 0.226. The van der Waals surface area contributed by atoms with E-state index in [1.807, 2.05) is 13.8 Å². The molecule has 8 heteroatoms. The number of hydrogen-bond donors (Lipinski definition) is 1. The maximum Gasteiger partial charge on any atom is 0.161 e. The van der Waals surface area contributed by atoms with Crippen LogP contribution in [0.15, 0.2) is 82.2 Å². The molecule has 0 spiro atoms. The lowest BCUT2D eigenvalue weighted by Gasteiger charge is -2.40. The standard InChI is InChI=1S/C31H26Cl2FN3OS/c1-17-12-19(16-39-22-9-6-20(34)7-10-22)18(2)23(13-17)29-24(15-35)31(36)37(21-8-11-25(32)26(33)14-21)27-4-3-5-28(38)30(27)29/h6-14,29H,3-5,16,36H2,1-2H3. The van der Waals surface area contributed by atoms with Crippen molar-refractivity contribution < 1.29 is 9.18 Å². The van der Waals surface area contributed by atoms with E-state index in [9.17, 15) is 14.4 Å². The molecule has 3 aromatic carbocycles. The monoisotopic (exact) mass is 577 g/mol. The Morgan fingerprint density at radius 3 is 2.51 bits per heavy atom. The highest BCUT2D eigenvalue weighted by Gasteiger charge is 2.41. The quantitative estimate of drug-likeness (QED) is 0.308. The molecule has 5 rings (SSSR count). The number of ketones is 1. The minimum atomic E-state index is -0.564. The van der Waals surface area contributed by atoms with E-state index in [4.69, 9.17) is 28.9 Å². The highest BCUT2D eigenvalue weighted by Crippen LogP contribution is 2.48. The maximum atomic E-state index is 13.6. The number of thioether (sulfide) groups is 1. The van der Waals surface area contributed by atoms with Gasteiger partial charge >= 0.3 is 0 Å². The number of anilines is 1. The number of rotatable bonds is 5. The molecule has 2 N–H and O–H groups in total. The Morgan fingerprint density at radius 2 is 1.82 bits per heavy atom. The number of Topliss-reactive ketones (excluding diaryl/α,β-unsaturated/α-hetero) is 1. The molecule has 2 aliphatic rings. The van der Waals surface area contributed by atoms with Gasteiger partial charge in [-0.1, -0.05) is 40.9 Å². The third-order valence-electron chi connectivity index (χ3n) is 7.29. The Balaban J connectivity index is 1.63. The zero-order valence-electron chi connectivity index (χ0n) is 21.5. The van der Waals surface area contributed by atoms with Crippen molar-refractivity contribution in [2.24, 2.45) is 5.73 Å². The summed E-state index contributed by atoms with van der Waals surface area (Å²) in [6.45, 7) is 4.04. The third kappa shape index (κ3) is 5.19. The minimum absolute atomic E-state index is 0.0229. The molecular weight excluding hydrogens is 552 g/mol. The van der Waals surface area contributed by atoms with Crippen molar-refractivity contribution in [1.29, 1.82) is 5.26 Å². The van der Waals surface area contributed by atoms with E-state index in [1.165, 1.54) is 12.1 Å². The predicted molar refractivity (Wildman–Crippen MR) is 156 cm³/mol. The van der Waals surface area contributed by atoms with E-state index >= 15 is 0 Å². The van der Waals surface area contributed by atoms with Gasteiger partial charge < -0.3 is 5.73 Å². The predicted octanol–water partition coefficient (Wildman–Crippen LogP) is 8.35. The van der Waals surface area contributed by atoms with Crippen LogP contribution in [0.25, 0.3) is 0 Å². The van der Waals surface area contributed by atoms with Crippen molar-refractivity contribution in [2.75, 3.05) is 4.90 Å². The molecule has 0 bridgehead atoms. The summed E-state index contributed by atoms with van der Waals surface area (Å²) in [6, 6.07) is 18.1. The summed E-state index contributed by atoms with van der Waals surface area (Å²) in [5.41, 5.74) is 13.2. The lowest BCUT2D eigenvalue weighted by atomic mass is 9.73. The Labute approximate surface area is 241 Å². The van der Waals surface area contributed by atoms with Crippen LogP contribution < -0.4 is 10.6 Å². The lowest BCUT2D eigenvalue weighted by molar-refractivity contribution is -0.116. The summed E-state index contributed by atoms with van der Waals surface area (Å²) in [7, 11) is 0. The summed E-state index contributed by atoms with van der Waals surface area (Å²) < 4.78 is 13.4. The second-order valence-corrected chi connectivity index (χ2v) is 11.7. The van der Waals surface area contributed by atoms with Crippen LogP contribution in [-0.2, 0) is 10.5 Å². The van der Waals surface area contributed by atoms with E-state index in [2.05, 4.69) is 18.2 Å². The molecule has 1 aliphatic carbocycles. The van der Waals surface area contributed by atoms with Crippen LogP contribution in [0.5, 0.6) is 0 Å². The fourth-order valence-corrected chi connectivity index (χ4v) is 6.66. The van der Waals surface area contributed by atoms with Gasteiger partial charge in [-0.3, -0.25) is 9.69 Å². The van der Waals surface area contributed by atoms with E-state index in [1.54, 1.807) is 47.0 Å². The summed E-state index contributed by atoms with van der Waals surface area (Å²) in [5.74, 6) is 0.142. The number of carbonyl (C=O) groups is 1. The number of carbonyl (C=O) groups excluding carboxylic acids is 1. The zero-order chi connectivity index (χ0) is 27.8. The van der Waals surface area contributed by atoms with Gasteiger partial charge in [0.1, 0.15) is 11.6 Å². The third-order valence-corrected chi connectivity index (χ3v) is 9.09. The zero-order valence-corrected chi connectivity index (χ0v) is 23.9. The van der Waals surface area contributed by atoms with Crippen molar-refractivity contribution in [1.82, 2.24) is 0 Å². The molecular formula is C31H26Cl2FN3OS. The molecule has 0 fully saturated rings. The Morgan fingerprint density at radius 1 is 1.08 bits per heavy atom. The van der Waals surface area contributed by atoms with Gasteiger partial charge in [0, 0.05) is 34.0 Å². The van der Waals surface area contributed by atoms with E-state index in [0.717, 1.165) is 32.8 Å². The average molecular weight is 579 g/mol. The largest absolute Gasteiger partial charge is 0.384 e. The van der Waals surface area contributed by atoms with Crippen molar-refractivity contribution in [3.05, 3.63) is 115 Å². The summed E-state index contributed by atoms with van der Waals surface area (Å²) in [6.07, 6.45) is 1.76. The van der Waals surface area contributed by atoms with Crippen LogP contribution in [0.2, 0.25) is 10.0 Å². The second-order valence-electron chi connectivity index (χ2n) is 9.80. The molecule has 0 radical (unpaired) electrons. The fourth-order valence-electron chi connectivity index (χ4n) is 5.42. The molecule has 4 nitrogen and oxygen atoms in total. The molecule has 198 valence electrons. The van der Waals surface area contributed by atoms with E-state index in [-0.39, 0.29) is 17.4 Å². The molecule has 0 amide bonds. The first kappa shape index (κ1) is 27.3. The van der Waals surface area contributed by atoms with E-state index < -0.39 is 5.92 Å². The van der Waals surface area contributed by atoms with Gasteiger partial charge in [0.15, 0.2) is 5.78 Å². The number of nitrogens with zero attached hydrogens (tertiary/aromatic N) is 2. The SMILES string of the molecule is Cc1cc(CSc2ccc(F)cc2)c(C)c(C2C(C#N)=C(N)N(c3ccc(Cl)c(Cl)c3)C3=C2C(=O)CCC3)c1. The number of allylic oxidation sites excluding steroid dienone is 3. The van der Waals surface area contributed by atoms with E-state index in [0.29, 0.717) is 51.9 Å². The Kier molecular flexibility index (Phi) is 7.77. The average Bonchev–Trinajstić information content (AvgIpc) is 2.91. The molecule has 1 unspecified atom stereocenters. The number of benzene rings is 3. The maximum absolute atomic E-state index is 13.6. The van der Waals surface area contributed by atoms with Gasteiger partial charge in [-0.05, 0) is 85.8 Å². The topological polar surface area (TPSA) is 70.1 Å². The first-order valence-electron chi connectivity index (χ1n) is 12.6. The number of halogens is 3. The molecule has 0 saturated carbocycles. The van der Waals surface area contributed by atoms with Crippen molar-refractivity contribution in [3.8, 4) is 6.07 Å². The van der Waals surface area contributed by atoms with Crippen molar-refractivity contribution in [3.63, 3.8) is 0 Å². The highest BCUT2D eigenvalue weighted by atomic mass is 35.5. The molecule has 3 aromatic rings. The number of nitrogens with two attached hydrogens (primary N) is 1. The first-order valence-corrected chi connectivity index (χ1v) is 14.3. The first-order chi connectivity index (χ1) is 18.7. The van der Waals surface area contributed by atoms with Crippen LogP contribution in [0.1, 0.15) is 47.4 Å². The Bertz CT molecular complexity index is 1590. The number of nitriles is 1. The van der Waals surface area contributed by atoms with Crippen LogP contribution >= 0.6 is 35.0 Å². The summed E-state index contributed by atoms with van der Waals surface area (Å²) in [4.78, 5) is 16.3. The van der Waals surface area contributed by atoms with Gasteiger partial charge in [0.25, 0.3) is 0 Å². The Hall–Kier alpha value is -3.24. The molecule has 1 atom stereocenters. The van der Waals surface area contributed by atoms with Gasteiger partial charge in [-0.2, -0.15) is 5.26 Å². The van der Waals surface area contributed by atoms with Crippen LogP contribution in [-0.4, -0.2) is 5.78 Å². The van der Waals surface area contributed by atoms with Crippen molar-refractivity contribution in [2.45, 2.75) is 49.7 Å². The molecule has 1 aliphatic heterocycles. The summed E-state index contributed by atoms with van der Waals surface area (Å²) in [5, 5.41) is 11.2. The van der Waals surface area contributed by atoms with Crippen molar-refractivity contribution >= 4 is 46.4 Å². The van der Waals surface area contributed by atoms with Gasteiger partial charge in [-0.25, -0.2) is 4.39 Å². The van der Waals surface area contributed by atoms with Crippen LogP contribution in [0.3, 0.4) is 0 Å². The smallest absolute Gasteiger partial charge is 0.161 e. The van der Waals surface area contributed by atoms with Gasteiger partial charge in [0.05, 0.1) is 27.6 Å². The van der Waals surface area contributed by atoms with Crippen LogP contribution in [0, 0.1) is 31.0 Å². The summed E-state index contributed by atoms with van der Waals surface area (Å²) >= 11 is 14.1. The van der Waals surface area contributed by atoms with Crippen LogP contribution in [0.4, 0.5) is 10.1 Å². The lowest BCUT2D eigenvalue weighted by Crippen LogP contribution is -2.39. The molecule has 0 aromatic heterocycles. The molecule has 1 heterocycles. The molecule has 0 saturated heterocycles. The minimum Gasteiger partial charge on any atom is -0.384 e. The number of hydrogen-bond acceptors (Lipinski definition) is 5. The van der Waals surface area contributed by atoms with Gasteiger partial charge in [-0.15, -0.1) is 11.8 Å². The highest BCUT2D eigenvalue weighted by molar-refractivity contribution is 7.98. The van der Waals surface area contributed by atoms with Gasteiger partial charge in [0.2, 0.25) is 0 Å². The normalized spacial score (nSPS) is 17.4.